The van der Waals surface area contributed by atoms with Crippen molar-refractivity contribution in [3.63, 3.8) is 0 Å². The van der Waals surface area contributed by atoms with Crippen LogP contribution in [0.15, 0.2) is 30.3 Å². The number of pyridine rings is 1. The van der Waals surface area contributed by atoms with Crippen molar-refractivity contribution in [1.29, 1.82) is 0 Å². The van der Waals surface area contributed by atoms with E-state index in [9.17, 15) is 4.79 Å². The first-order valence-electron chi connectivity index (χ1n) is 5.44. The smallest absolute Gasteiger partial charge is 0.252 e. The lowest BCUT2D eigenvalue weighted by molar-refractivity contribution is 0.0945. The van der Waals surface area contributed by atoms with Crippen molar-refractivity contribution >= 4 is 28.4 Å². The Kier molecular flexibility index (Phi) is 3.29. The molecule has 2 aromatic rings. The third kappa shape index (κ3) is 2.56. The molecule has 0 saturated heterocycles. The van der Waals surface area contributed by atoms with E-state index in [1.165, 1.54) is 0 Å². The van der Waals surface area contributed by atoms with Gasteiger partial charge in [-0.05, 0) is 38.1 Å². The predicted molar refractivity (Wildman–Crippen MR) is 69.4 cm³/mol. The van der Waals surface area contributed by atoms with Gasteiger partial charge < -0.3 is 5.32 Å². The molecule has 0 bridgehead atoms. The first kappa shape index (κ1) is 11.9. The SMILES string of the molecule is CC(C)NC(=O)c1cccc2nc(Cl)ccc12. The lowest BCUT2D eigenvalue weighted by atomic mass is 10.1. The lowest BCUT2D eigenvalue weighted by Gasteiger charge is -2.10. The van der Waals surface area contributed by atoms with Crippen LogP contribution in [0, 0.1) is 0 Å². The van der Waals surface area contributed by atoms with Crippen molar-refractivity contribution in [3.8, 4) is 0 Å². The third-order valence-corrected chi connectivity index (χ3v) is 2.57. The standard InChI is InChI=1S/C13H13ClN2O/c1-8(2)15-13(17)10-4-3-5-11-9(10)6-7-12(14)16-11/h3-8H,1-2H3,(H,15,17). The van der Waals surface area contributed by atoms with Crippen LogP contribution in [-0.4, -0.2) is 16.9 Å². The summed E-state index contributed by atoms with van der Waals surface area (Å²) in [6.07, 6.45) is 0. The van der Waals surface area contributed by atoms with E-state index in [2.05, 4.69) is 10.3 Å². The second kappa shape index (κ2) is 4.72. The minimum atomic E-state index is -0.0882. The van der Waals surface area contributed by atoms with Gasteiger partial charge in [0, 0.05) is 17.0 Å². The van der Waals surface area contributed by atoms with Crippen LogP contribution < -0.4 is 5.32 Å². The Bertz CT molecular complexity index is 566. The second-order valence-electron chi connectivity index (χ2n) is 4.13. The molecule has 0 saturated carbocycles. The molecular weight excluding hydrogens is 236 g/mol. The van der Waals surface area contributed by atoms with Gasteiger partial charge in [-0.3, -0.25) is 4.79 Å². The molecule has 1 aromatic carbocycles. The Hall–Kier alpha value is -1.61. The van der Waals surface area contributed by atoms with Crippen LogP contribution >= 0.6 is 11.6 Å². The molecular formula is C13H13ClN2O. The van der Waals surface area contributed by atoms with Crippen LogP contribution in [0.25, 0.3) is 10.9 Å². The molecule has 0 aliphatic rings. The Morgan fingerprint density at radius 2 is 2.06 bits per heavy atom. The van der Waals surface area contributed by atoms with Crippen LogP contribution in [0.4, 0.5) is 0 Å². The van der Waals surface area contributed by atoms with Crippen molar-refractivity contribution in [2.24, 2.45) is 0 Å². The predicted octanol–water partition coefficient (Wildman–Crippen LogP) is 3.03. The second-order valence-corrected chi connectivity index (χ2v) is 4.52. The Labute approximate surface area is 105 Å². The molecule has 0 aliphatic carbocycles. The maximum absolute atomic E-state index is 12.0. The number of halogens is 1. The number of benzene rings is 1. The van der Waals surface area contributed by atoms with E-state index in [1.54, 1.807) is 18.2 Å². The molecule has 88 valence electrons. The number of rotatable bonds is 2. The minimum Gasteiger partial charge on any atom is -0.350 e. The zero-order valence-electron chi connectivity index (χ0n) is 9.70. The van der Waals surface area contributed by atoms with Gasteiger partial charge in [0.2, 0.25) is 0 Å². The van der Waals surface area contributed by atoms with E-state index in [0.29, 0.717) is 10.7 Å². The Morgan fingerprint density at radius 1 is 1.29 bits per heavy atom. The van der Waals surface area contributed by atoms with Crippen LogP contribution in [0.5, 0.6) is 0 Å². The van der Waals surface area contributed by atoms with Gasteiger partial charge in [0.25, 0.3) is 5.91 Å². The molecule has 0 aliphatic heterocycles. The first-order chi connectivity index (χ1) is 8.08. The Balaban J connectivity index is 2.51. The van der Waals surface area contributed by atoms with Crippen LogP contribution in [-0.2, 0) is 0 Å². The van der Waals surface area contributed by atoms with Gasteiger partial charge in [-0.2, -0.15) is 0 Å². The normalized spacial score (nSPS) is 10.8. The minimum absolute atomic E-state index is 0.0882. The highest BCUT2D eigenvalue weighted by Crippen LogP contribution is 2.19. The van der Waals surface area contributed by atoms with E-state index in [-0.39, 0.29) is 11.9 Å². The van der Waals surface area contributed by atoms with E-state index in [1.807, 2.05) is 26.0 Å². The highest BCUT2D eigenvalue weighted by atomic mass is 35.5. The summed E-state index contributed by atoms with van der Waals surface area (Å²) >= 11 is 5.82. The van der Waals surface area contributed by atoms with Crippen molar-refractivity contribution in [1.82, 2.24) is 10.3 Å². The number of amides is 1. The average molecular weight is 249 g/mol. The lowest BCUT2D eigenvalue weighted by Crippen LogP contribution is -2.30. The summed E-state index contributed by atoms with van der Waals surface area (Å²) in [4.78, 5) is 16.2. The average Bonchev–Trinajstić information content (AvgIpc) is 2.26. The molecule has 0 spiro atoms. The summed E-state index contributed by atoms with van der Waals surface area (Å²) in [5.41, 5.74) is 1.36. The van der Waals surface area contributed by atoms with Crippen LogP contribution in [0.2, 0.25) is 5.15 Å². The van der Waals surface area contributed by atoms with Gasteiger partial charge in [-0.1, -0.05) is 17.7 Å². The fourth-order valence-corrected chi connectivity index (χ4v) is 1.82. The monoisotopic (exact) mass is 248 g/mol. The fraction of sp³-hybridized carbons (Fsp3) is 0.231. The zero-order chi connectivity index (χ0) is 12.4. The molecule has 0 radical (unpaired) electrons. The zero-order valence-corrected chi connectivity index (χ0v) is 10.5. The molecule has 2 rings (SSSR count). The van der Waals surface area contributed by atoms with Gasteiger partial charge >= 0.3 is 0 Å². The number of fused-ring (bicyclic) bond motifs is 1. The maximum atomic E-state index is 12.0. The molecule has 1 heterocycles. The highest BCUT2D eigenvalue weighted by molar-refractivity contribution is 6.29. The summed E-state index contributed by atoms with van der Waals surface area (Å²) < 4.78 is 0. The topological polar surface area (TPSA) is 42.0 Å². The summed E-state index contributed by atoms with van der Waals surface area (Å²) in [6.45, 7) is 3.86. The van der Waals surface area contributed by atoms with Gasteiger partial charge in [-0.15, -0.1) is 0 Å². The highest BCUT2D eigenvalue weighted by Gasteiger charge is 2.11. The number of aromatic nitrogens is 1. The van der Waals surface area contributed by atoms with Crippen molar-refractivity contribution in [2.45, 2.75) is 19.9 Å². The largest absolute Gasteiger partial charge is 0.350 e. The first-order valence-corrected chi connectivity index (χ1v) is 5.82. The number of carbonyl (C=O) groups excluding carboxylic acids is 1. The molecule has 0 unspecified atom stereocenters. The van der Waals surface area contributed by atoms with E-state index in [4.69, 9.17) is 11.6 Å². The molecule has 1 aromatic heterocycles. The maximum Gasteiger partial charge on any atom is 0.252 e. The molecule has 3 nitrogen and oxygen atoms in total. The molecule has 1 amide bonds. The van der Waals surface area contributed by atoms with Gasteiger partial charge in [0.15, 0.2) is 0 Å². The Morgan fingerprint density at radius 3 is 2.76 bits per heavy atom. The van der Waals surface area contributed by atoms with Gasteiger partial charge in [0.1, 0.15) is 5.15 Å². The number of nitrogens with zero attached hydrogens (tertiary/aromatic N) is 1. The number of nitrogens with one attached hydrogen (secondary N) is 1. The summed E-state index contributed by atoms with van der Waals surface area (Å²) in [5, 5.41) is 4.11. The third-order valence-electron chi connectivity index (χ3n) is 2.36. The molecule has 0 fully saturated rings. The molecule has 17 heavy (non-hydrogen) atoms. The van der Waals surface area contributed by atoms with Gasteiger partial charge in [0.05, 0.1) is 5.52 Å². The molecule has 0 atom stereocenters. The number of hydrogen-bond donors (Lipinski definition) is 1. The van der Waals surface area contributed by atoms with Crippen molar-refractivity contribution in [2.75, 3.05) is 0 Å². The van der Waals surface area contributed by atoms with E-state index < -0.39 is 0 Å². The molecule has 1 N–H and O–H groups in total. The summed E-state index contributed by atoms with van der Waals surface area (Å²) in [6, 6.07) is 9.05. The van der Waals surface area contributed by atoms with Crippen molar-refractivity contribution in [3.05, 3.63) is 41.0 Å². The van der Waals surface area contributed by atoms with Gasteiger partial charge in [-0.25, -0.2) is 4.98 Å². The molecule has 4 heteroatoms. The van der Waals surface area contributed by atoms with Crippen LogP contribution in [0.3, 0.4) is 0 Å². The van der Waals surface area contributed by atoms with Crippen molar-refractivity contribution < 1.29 is 4.79 Å². The summed E-state index contributed by atoms with van der Waals surface area (Å²) in [5.74, 6) is -0.0882. The quantitative estimate of drug-likeness (QED) is 0.830. The van der Waals surface area contributed by atoms with E-state index >= 15 is 0 Å². The van der Waals surface area contributed by atoms with E-state index in [0.717, 1.165) is 10.9 Å². The summed E-state index contributed by atoms with van der Waals surface area (Å²) in [7, 11) is 0. The van der Waals surface area contributed by atoms with Crippen LogP contribution in [0.1, 0.15) is 24.2 Å². The number of hydrogen-bond acceptors (Lipinski definition) is 2. The number of carbonyl (C=O) groups is 1. The fourth-order valence-electron chi connectivity index (χ4n) is 1.67.